The van der Waals surface area contributed by atoms with E-state index < -0.39 is 10.0 Å². The van der Waals surface area contributed by atoms with Crippen LogP contribution in [0.25, 0.3) is 6.08 Å². The Balaban J connectivity index is 1.36. The predicted octanol–water partition coefficient (Wildman–Crippen LogP) is 2.72. The highest BCUT2D eigenvalue weighted by Crippen LogP contribution is 2.16. The Kier molecular flexibility index (Phi) is 6.29. The van der Waals surface area contributed by atoms with Gasteiger partial charge < -0.3 is 4.57 Å². The van der Waals surface area contributed by atoms with Gasteiger partial charge in [-0.25, -0.2) is 13.1 Å². The number of aryl methyl sites for hydroxylation is 1. The van der Waals surface area contributed by atoms with Gasteiger partial charge in [0.05, 0.1) is 6.67 Å². The van der Waals surface area contributed by atoms with Crippen LogP contribution in [0.2, 0.25) is 0 Å². The number of nitrogens with zero attached hydrogens (tertiary/aromatic N) is 5. The highest BCUT2D eigenvalue weighted by Gasteiger charge is 2.25. The maximum absolute atomic E-state index is 12.6. The zero-order valence-corrected chi connectivity index (χ0v) is 18.1. The number of fused-ring (bicyclic) bond motifs is 1. The Morgan fingerprint density at radius 1 is 1.00 bits per heavy atom. The van der Waals surface area contributed by atoms with Crippen LogP contribution in [0.4, 0.5) is 0 Å². The van der Waals surface area contributed by atoms with E-state index in [4.69, 9.17) is 17.3 Å². The molecule has 0 saturated carbocycles. The van der Waals surface area contributed by atoms with Crippen LogP contribution in [-0.2, 0) is 29.7 Å². The molecule has 0 atom stereocenters. The van der Waals surface area contributed by atoms with E-state index in [-0.39, 0.29) is 0 Å². The summed E-state index contributed by atoms with van der Waals surface area (Å²) >= 11 is 5.63. The standard InChI is InChI=1S/C20H27N5O2S2/c26-29(27,16-10-18-7-3-1-4-8-18)23-14-12-22(13-15-23)17-25-20(28)24-11-6-2-5-9-19(24)21-25/h1,3-4,7-8,10,16H,2,5-6,9,11-15,17H2/b16-10+. The molecule has 29 heavy (non-hydrogen) atoms. The van der Waals surface area contributed by atoms with Gasteiger partial charge in [-0.15, -0.1) is 0 Å². The predicted molar refractivity (Wildman–Crippen MR) is 116 cm³/mol. The van der Waals surface area contributed by atoms with Crippen molar-refractivity contribution in [3.8, 4) is 0 Å². The second kappa shape index (κ2) is 8.91. The lowest BCUT2D eigenvalue weighted by Crippen LogP contribution is -2.48. The molecule has 156 valence electrons. The lowest BCUT2D eigenvalue weighted by Gasteiger charge is -2.33. The van der Waals surface area contributed by atoms with Gasteiger partial charge >= 0.3 is 0 Å². The Morgan fingerprint density at radius 2 is 1.76 bits per heavy atom. The monoisotopic (exact) mass is 433 g/mol. The Bertz CT molecular complexity index is 1020. The topological polar surface area (TPSA) is 63.4 Å². The number of hydrogen-bond donors (Lipinski definition) is 0. The summed E-state index contributed by atoms with van der Waals surface area (Å²) in [5, 5.41) is 6.03. The van der Waals surface area contributed by atoms with Crippen LogP contribution in [-0.4, -0.2) is 58.1 Å². The second-order valence-electron chi connectivity index (χ2n) is 7.58. The molecule has 1 aromatic heterocycles. The van der Waals surface area contributed by atoms with Crippen molar-refractivity contribution in [1.82, 2.24) is 23.6 Å². The van der Waals surface area contributed by atoms with E-state index >= 15 is 0 Å². The number of piperazine rings is 1. The maximum atomic E-state index is 12.6. The van der Waals surface area contributed by atoms with Crippen LogP contribution in [0.3, 0.4) is 0 Å². The number of sulfonamides is 1. The lowest BCUT2D eigenvalue weighted by atomic mass is 10.2. The van der Waals surface area contributed by atoms with Crippen molar-refractivity contribution >= 4 is 28.3 Å². The highest BCUT2D eigenvalue weighted by atomic mass is 32.2. The molecule has 0 radical (unpaired) electrons. The average Bonchev–Trinajstić information content (AvgIpc) is 2.89. The van der Waals surface area contributed by atoms with E-state index in [0.717, 1.165) is 35.5 Å². The van der Waals surface area contributed by atoms with Gasteiger partial charge in [0.1, 0.15) is 5.82 Å². The number of rotatable bonds is 5. The van der Waals surface area contributed by atoms with Crippen LogP contribution in [0.15, 0.2) is 35.7 Å². The third kappa shape index (κ3) is 4.85. The summed E-state index contributed by atoms with van der Waals surface area (Å²) in [4.78, 5) is 2.22. The minimum absolute atomic E-state index is 0.475. The van der Waals surface area contributed by atoms with Crippen LogP contribution in [0, 0.1) is 4.77 Å². The van der Waals surface area contributed by atoms with Gasteiger partial charge in [-0.05, 0) is 36.7 Å². The number of aromatic nitrogens is 3. The molecular weight excluding hydrogens is 406 g/mol. The summed E-state index contributed by atoms with van der Waals surface area (Å²) in [6.07, 6.45) is 6.18. The molecule has 2 aliphatic heterocycles. The summed E-state index contributed by atoms with van der Waals surface area (Å²) < 4.78 is 31.6. The fourth-order valence-corrected chi connectivity index (χ4v) is 5.32. The summed E-state index contributed by atoms with van der Waals surface area (Å²) in [6, 6.07) is 9.48. The van der Waals surface area contributed by atoms with Crippen molar-refractivity contribution < 1.29 is 8.42 Å². The van der Waals surface area contributed by atoms with E-state index in [9.17, 15) is 8.42 Å². The first-order valence-corrected chi connectivity index (χ1v) is 12.1. The first-order chi connectivity index (χ1) is 14.0. The number of hydrogen-bond acceptors (Lipinski definition) is 5. The van der Waals surface area contributed by atoms with Gasteiger partial charge in [-0.3, -0.25) is 4.90 Å². The number of benzene rings is 1. The van der Waals surface area contributed by atoms with Crippen molar-refractivity contribution in [3.05, 3.63) is 51.9 Å². The first-order valence-electron chi connectivity index (χ1n) is 10.2. The average molecular weight is 434 g/mol. The van der Waals surface area contributed by atoms with E-state index in [1.807, 2.05) is 35.0 Å². The molecule has 1 aromatic carbocycles. The summed E-state index contributed by atoms with van der Waals surface area (Å²) in [6.45, 7) is 3.86. The lowest BCUT2D eigenvalue weighted by molar-refractivity contribution is 0.145. The molecule has 2 aliphatic rings. The smallest absolute Gasteiger partial charge is 0.236 e. The molecule has 0 unspecified atom stereocenters. The molecule has 2 aromatic rings. The van der Waals surface area contributed by atoms with Crippen LogP contribution in [0.5, 0.6) is 0 Å². The Labute approximate surface area is 177 Å². The third-order valence-electron chi connectivity index (χ3n) is 5.54. The van der Waals surface area contributed by atoms with E-state index in [1.54, 1.807) is 10.4 Å². The fraction of sp³-hybridized carbons (Fsp3) is 0.500. The molecule has 1 fully saturated rings. The van der Waals surface area contributed by atoms with Crippen molar-refractivity contribution in [3.63, 3.8) is 0 Å². The maximum Gasteiger partial charge on any atom is 0.236 e. The van der Waals surface area contributed by atoms with Gasteiger partial charge in [0.2, 0.25) is 10.0 Å². The summed E-state index contributed by atoms with van der Waals surface area (Å²) in [7, 11) is -3.41. The van der Waals surface area contributed by atoms with Gasteiger partial charge in [0.25, 0.3) is 0 Å². The summed E-state index contributed by atoms with van der Waals surface area (Å²) in [5.74, 6) is 1.08. The highest BCUT2D eigenvalue weighted by molar-refractivity contribution is 7.92. The molecule has 4 rings (SSSR count). The normalized spacial score (nSPS) is 19.3. The third-order valence-corrected chi connectivity index (χ3v) is 7.53. The molecule has 0 N–H and O–H groups in total. The fourth-order valence-electron chi connectivity index (χ4n) is 3.85. The van der Waals surface area contributed by atoms with Crippen LogP contribution >= 0.6 is 12.2 Å². The van der Waals surface area contributed by atoms with Crippen LogP contribution < -0.4 is 0 Å². The Morgan fingerprint density at radius 3 is 2.52 bits per heavy atom. The van der Waals surface area contributed by atoms with Gasteiger partial charge in [0.15, 0.2) is 4.77 Å². The van der Waals surface area contributed by atoms with Crippen molar-refractivity contribution in [1.29, 1.82) is 0 Å². The quantitative estimate of drug-likeness (QED) is 0.679. The van der Waals surface area contributed by atoms with Crippen molar-refractivity contribution in [2.24, 2.45) is 0 Å². The van der Waals surface area contributed by atoms with E-state index in [1.165, 1.54) is 18.2 Å². The van der Waals surface area contributed by atoms with Crippen molar-refractivity contribution in [2.45, 2.75) is 38.9 Å². The molecule has 0 bridgehead atoms. The second-order valence-corrected chi connectivity index (χ2v) is 9.76. The minimum Gasteiger partial charge on any atom is -0.304 e. The van der Waals surface area contributed by atoms with E-state index in [0.29, 0.717) is 32.8 Å². The molecule has 0 amide bonds. The summed E-state index contributed by atoms with van der Waals surface area (Å²) in [5.41, 5.74) is 0.878. The molecule has 1 saturated heterocycles. The van der Waals surface area contributed by atoms with E-state index in [2.05, 4.69) is 9.47 Å². The largest absolute Gasteiger partial charge is 0.304 e. The zero-order chi connectivity index (χ0) is 20.3. The molecule has 9 heteroatoms. The van der Waals surface area contributed by atoms with Gasteiger partial charge in [-0.2, -0.15) is 9.40 Å². The molecular formula is C20H27N5O2S2. The van der Waals surface area contributed by atoms with Gasteiger partial charge in [0, 0.05) is 44.6 Å². The zero-order valence-electron chi connectivity index (χ0n) is 16.5. The van der Waals surface area contributed by atoms with Crippen molar-refractivity contribution in [2.75, 3.05) is 26.2 Å². The first kappa shape index (κ1) is 20.5. The molecule has 7 nitrogen and oxygen atoms in total. The van der Waals surface area contributed by atoms with Crippen LogP contribution in [0.1, 0.15) is 30.7 Å². The van der Waals surface area contributed by atoms with Gasteiger partial charge in [-0.1, -0.05) is 36.8 Å². The minimum atomic E-state index is -3.41. The molecule has 3 heterocycles. The molecule has 0 spiro atoms. The SMILES string of the molecule is O=S(=O)(/C=C/c1ccccc1)N1CCN(Cn2nc3n(c2=S)CCCCC3)CC1. The molecule has 0 aliphatic carbocycles. The Hall–Kier alpha value is -1.81.